The molecule has 0 aliphatic carbocycles. The van der Waals surface area contributed by atoms with Gasteiger partial charge in [0.2, 0.25) is 0 Å². The van der Waals surface area contributed by atoms with E-state index in [0.717, 1.165) is 18.7 Å². The molecule has 0 saturated carbocycles. The summed E-state index contributed by atoms with van der Waals surface area (Å²) in [4.78, 5) is 0. The minimum absolute atomic E-state index is 0.221. The lowest BCUT2D eigenvalue weighted by molar-refractivity contribution is 0.127. The van der Waals surface area contributed by atoms with E-state index in [1.807, 2.05) is 56.5 Å². The maximum Gasteiger partial charge on any atom is 0.0991 e. The van der Waals surface area contributed by atoms with Crippen LogP contribution in [0.15, 0.2) is 41.0 Å². The summed E-state index contributed by atoms with van der Waals surface area (Å²) in [6.45, 7) is 13.6. The number of hydrogen-bond donors (Lipinski definition) is 3. The van der Waals surface area contributed by atoms with Crippen molar-refractivity contribution in [2.75, 3.05) is 26.0 Å². The molecule has 0 heterocycles. The van der Waals surface area contributed by atoms with Crippen molar-refractivity contribution >= 4 is 11.9 Å². The lowest BCUT2D eigenvalue weighted by atomic mass is 9.96. The topological polar surface area (TPSA) is 78.7 Å². The predicted molar refractivity (Wildman–Crippen MR) is 132 cm³/mol. The van der Waals surface area contributed by atoms with E-state index in [1.165, 1.54) is 5.57 Å². The Balaban J connectivity index is 2.56. The molecule has 3 unspecified atom stereocenters. The van der Waals surface area contributed by atoms with Crippen LogP contribution in [0, 0.1) is 17.2 Å². The summed E-state index contributed by atoms with van der Waals surface area (Å²) in [6, 6.07) is 10.6. The SMILES string of the molecule is C/C=N\N(C)C(C)[C@H](C)C(C)NNN(C)CCC(Nc1ccc(C#N)cc1)/C(C)=C/C. The predicted octanol–water partition coefficient (Wildman–Crippen LogP) is 3.99. The fourth-order valence-electron chi connectivity index (χ4n) is 3.22. The summed E-state index contributed by atoms with van der Waals surface area (Å²) in [5.41, 5.74) is 9.73. The molecule has 0 fully saturated rings. The molecule has 1 rings (SSSR count). The van der Waals surface area contributed by atoms with Crippen LogP contribution >= 0.6 is 0 Å². The van der Waals surface area contributed by atoms with Gasteiger partial charge in [-0.25, -0.2) is 10.4 Å². The number of nitrogens with zero attached hydrogens (tertiary/aromatic N) is 4. The van der Waals surface area contributed by atoms with Gasteiger partial charge in [0.1, 0.15) is 0 Å². The highest BCUT2D eigenvalue weighted by molar-refractivity contribution is 5.52. The zero-order valence-corrected chi connectivity index (χ0v) is 20.5. The summed E-state index contributed by atoms with van der Waals surface area (Å²) in [6.07, 6.45) is 4.91. The van der Waals surface area contributed by atoms with Crippen LogP contribution in [0.5, 0.6) is 0 Å². The van der Waals surface area contributed by atoms with Crippen molar-refractivity contribution in [1.29, 1.82) is 5.26 Å². The number of benzene rings is 1. The van der Waals surface area contributed by atoms with Gasteiger partial charge in [0, 0.05) is 50.7 Å². The van der Waals surface area contributed by atoms with E-state index in [9.17, 15) is 0 Å². The highest BCUT2D eigenvalue weighted by atomic mass is 15.7. The summed E-state index contributed by atoms with van der Waals surface area (Å²) >= 11 is 0. The van der Waals surface area contributed by atoms with Crippen molar-refractivity contribution in [3.8, 4) is 6.07 Å². The Labute approximate surface area is 189 Å². The number of nitrogens with one attached hydrogen (secondary N) is 3. The number of hydrazone groups is 1. The van der Waals surface area contributed by atoms with Gasteiger partial charge in [0.05, 0.1) is 11.6 Å². The van der Waals surface area contributed by atoms with Crippen LogP contribution in [0.1, 0.15) is 53.5 Å². The molecule has 0 aromatic heterocycles. The first-order valence-electron chi connectivity index (χ1n) is 11.1. The van der Waals surface area contributed by atoms with Gasteiger partial charge in [0.15, 0.2) is 0 Å². The summed E-state index contributed by atoms with van der Waals surface area (Å²) in [7, 11) is 4.06. The van der Waals surface area contributed by atoms with E-state index < -0.39 is 0 Å². The molecule has 31 heavy (non-hydrogen) atoms. The first-order valence-corrected chi connectivity index (χ1v) is 11.1. The van der Waals surface area contributed by atoms with Crippen LogP contribution in [0.25, 0.3) is 0 Å². The quantitative estimate of drug-likeness (QED) is 0.251. The van der Waals surface area contributed by atoms with E-state index in [-0.39, 0.29) is 12.1 Å². The highest BCUT2D eigenvalue weighted by Crippen LogP contribution is 2.16. The molecule has 0 bridgehead atoms. The molecule has 0 aliphatic heterocycles. The number of nitriles is 1. The molecule has 0 saturated heterocycles. The molecular weight excluding hydrogens is 386 g/mol. The Bertz CT molecular complexity index is 735. The summed E-state index contributed by atoms with van der Waals surface area (Å²) < 4.78 is 0. The smallest absolute Gasteiger partial charge is 0.0991 e. The molecule has 7 heteroatoms. The molecule has 3 N–H and O–H groups in total. The average molecular weight is 428 g/mol. The van der Waals surface area contributed by atoms with E-state index in [4.69, 9.17) is 5.26 Å². The molecule has 172 valence electrons. The Hall–Kier alpha value is -2.40. The van der Waals surface area contributed by atoms with Crippen molar-refractivity contribution in [3.05, 3.63) is 41.5 Å². The van der Waals surface area contributed by atoms with Gasteiger partial charge in [0.25, 0.3) is 0 Å². The van der Waals surface area contributed by atoms with Crippen molar-refractivity contribution in [2.24, 2.45) is 11.0 Å². The lowest BCUT2D eigenvalue weighted by Gasteiger charge is -2.33. The molecule has 0 aliphatic rings. The standard InChI is InChI=1S/C24H41N7/c1-9-18(3)24(27-23-13-11-22(17-25)12-14-23)15-16-30(7)29-28-20(5)19(4)21(6)31(8)26-10-2/h9-14,19-21,24,27-29H,15-16H2,1-8H3/b18-9+,26-10-/t19-,20?,21?,24?/m1/s1. The van der Waals surface area contributed by atoms with Crippen LogP contribution in [0.4, 0.5) is 5.69 Å². The Morgan fingerprint density at radius 2 is 1.81 bits per heavy atom. The minimum Gasteiger partial charge on any atom is -0.379 e. The van der Waals surface area contributed by atoms with Crippen LogP contribution in [0.2, 0.25) is 0 Å². The van der Waals surface area contributed by atoms with E-state index >= 15 is 0 Å². The molecule has 1 aromatic carbocycles. The van der Waals surface area contributed by atoms with Crippen LogP contribution in [-0.4, -0.2) is 55.0 Å². The van der Waals surface area contributed by atoms with Crippen LogP contribution in [-0.2, 0) is 0 Å². The second-order valence-electron chi connectivity index (χ2n) is 8.22. The first kappa shape index (κ1) is 26.6. The minimum atomic E-state index is 0.221. The maximum absolute atomic E-state index is 8.98. The lowest BCUT2D eigenvalue weighted by Crippen LogP contribution is -2.53. The third-order valence-corrected chi connectivity index (χ3v) is 6.03. The van der Waals surface area contributed by atoms with E-state index in [2.05, 4.69) is 73.2 Å². The molecule has 4 atom stereocenters. The van der Waals surface area contributed by atoms with E-state index in [0.29, 0.717) is 17.5 Å². The van der Waals surface area contributed by atoms with Gasteiger partial charge in [-0.3, -0.25) is 5.01 Å². The van der Waals surface area contributed by atoms with Crippen molar-refractivity contribution in [2.45, 2.75) is 66.1 Å². The summed E-state index contributed by atoms with van der Waals surface area (Å²) in [5.74, 6) is 0.408. The second kappa shape index (κ2) is 13.8. The highest BCUT2D eigenvalue weighted by Gasteiger charge is 2.22. The third kappa shape index (κ3) is 9.09. The van der Waals surface area contributed by atoms with Crippen molar-refractivity contribution in [1.82, 2.24) is 21.0 Å². The monoisotopic (exact) mass is 427 g/mol. The van der Waals surface area contributed by atoms with E-state index in [1.54, 1.807) is 0 Å². The van der Waals surface area contributed by atoms with Gasteiger partial charge in [-0.05, 0) is 71.2 Å². The number of rotatable bonds is 13. The molecule has 0 amide bonds. The third-order valence-electron chi connectivity index (χ3n) is 6.03. The largest absolute Gasteiger partial charge is 0.379 e. The zero-order chi connectivity index (χ0) is 23.4. The van der Waals surface area contributed by atoms with Crippen molar-refractivity contribution in [3.63, 3.8) is 0 Å². The summed E-state index contributed by atoms with van der Waals surface area (Å²) in [5, 5.41) is 21.0. The molecular formula is C24H41N7. The van der Waals surface area contributed by atoms with Crippen molar-refractivity contribution < 1.29 is 0 Å². The number of hydrazine groups is 2. The second-order valence-corrected chi connectivity index (χ2v) is 8.22. The van der Waals surface area contributed by atoms with Gasteiger partial charge < -0.3 is 5.32 Å². The van der Waals surface area contributed by atoms with Gasteiger partial charge in [-0.1, -0.05) is 18.6 Å². The first-order chi connectivity index (χ1) is 14.7. The maximum atomic E-state index is 8.98. The molecule has 0 spiro atoms. The normalized spacial score (nSPS) is 16.1. The zero-order valence-electron chi connectivity index (χ0n) is 20.5. The van der Waals surface area contributed by atoms with Gasteiger partial charge >= 0.3 is 0 Å². The fraction of sp³-hybridized carbons (Fsp3) is 0.583. The van der Waals surface area contributed by atoms with Crippen LogP contribution in [0.3, 0.4) is 0 Å². The fourth-order valence-corrected chi connectivity index (χ4v) is 3.22. The van der Waals surface area contributed by atoms with Gasteiger partial charge in [-0.2, -0.15) is 15.9 Å². The number of allylic oxidation sites excluding steroid dienone is 1. The number of anilines is 1. The Morgan fingerprint density at radius 3 is 2.35 bits per heavy atom. The number of hydrogen-bond acceptors (Lipinski definition) is 7. The average Bonchev–Trinajstić information content (AvgIpc) is 2.78. The Kier molecular flexibility index (Phi) is 11.9. The molecule has 7 nitrogen and oxygen atoms in total. The molecule has 0 radical (unpaired) electrons. The molecule has 1 aromatic rings. The van der Waals surface area contributed by atoms with Crippen LogP contribution < -0.4 is 16.3 Å². The van der Waals surface area contributed by atoms with Gasteiger partial charge in [-0.15, -0.1) is 0 Å². The Morgan fingerprint density at radius 1 is 1.16 bits per heavy atom.